The molecular formula is C56H87NO16. The zero-order valence-corrected chi connectivity index (χ0v) is 44.8. The number of methoxy groups -OCH3 is 3. The van der Waals surface area contributed by atoms with E-state index >= 15 is 0 Å². The van der Waals surface area contributed by atoms with Crippen LogP contribution in [0, 0.1) is 40.9 Å². The van der Waals surface area contributed by atoms with Crippen molar-refractivity contribution in [2.45, 2.75) is 187 Å². The van der Waals surface area contributed by atoms with Gasteiger partial charge in [0, 0.05) is 62.6 Å². The Balaban J connectivity index is 1.70. The first-order chi connectivity index (χ1) is 35.7. The second-order valence-electron chi connectivity index (χ2n) is 21.4. The lowest BCUT2D eigenvalue weighted by molar-refractivity contribution is -0.265. The first-order valence-electron chi connectivity index (χ1n) is 27.6. The molecule has 0 aromatic carbocycles. The van der Waals surface area contributed by atoms with E-state index in [0.29, 0.717) is 56.9 Å². The summed E-state index contributed by atoms with van der Waals surface area (Å²) in [6.07, 6.45) is 8.19. The Bertz CT molecular complexity index is 2120. The summed E-state index contributed by atoms with van der Waals surface area (Å²) in [6.45, 7) is 6.91. The van der Waals surface area contributed by atoms with E-state index in [4.69, 9.17) is 32.5 Å². The number of amides is 1. The molecule has 4 aliphatic rings. The Morgan fingerprint density at radius 3 is 2.25 bits per heavy atom. The van der Waals surface area contributed by atoms with Gasteiger partial charge in [0.2, 0.25) is 5.79 Å². The fourth-order valence-electron chi connectivity index (χ4n) is 10.7. The third kappa shape index (κ3) is 16.0. The molecule has 2 bridgehead atoms. The van der Waals surface area contributed by atoms with Gasteiger partial charge in [0.25, 0.3) is 11.7 Å². The number of esters is 2. The molecule has 17 heteroatoms. The summed E-state index contributed by atoms with van der Waals surface area (Å²) in [5, 5.41) is 43.4. The molecule has 3 heterocycles. The van der Waals surface area contributed by atoms with Crippen LogP contribution in [0.4, 0.5) is 0 Å². The third-order valence-electron chi connectivity index (χ3n) is 15.6. The molecule has 3 aliphatic heterocycles. The van der Waals surface area contributed by atoms with E-state index in [1.807, 2.05) is 51.2 Å². The maximum absolute atomic E-state index is 14.6. The predicted octanol–water partition coefficient (Wildman–Crippen LogP) is 5.72. The highest BCUT2D eigenvalue weighted by Crippen LogP contribution is 2.38. The van der Waals surface area contributed by atoms with Gasteiger partial charge in [-0.15, -0.1) is 0 Å². The number of carbonyl (C=O) groups excluding carboxylic acids is 6. The monoisotopic (exact) mass is 1030 g/mol. The number of Topliss-reactive ketones (excluding diaryl/α,β-unsaturated/α-hetero) is 3. The minimum absolute atomic E-state index is 0.0121. The largest absolute Gasteiger partial charge is 0.460 e. The molecule has 4 rings (SSSR count). The summed E-state index contributed by atoms with van der Waals surface area (Å²) in [5.74, 6) is -10.4. The number of cyclic esters (lactones) is 1. The molecule has 1 aliphatic carbocycles. The fourth-order valence-corrected chi connectivity index (χ4v) is 10.7. The number of hydrogen-bond donors (Lipinski definition) is 4. The molecule has 1 amide bonds. The lowest BCUT2D eigenvalue weighted by Gasteiger charge is -2.42. The van der Waals surface area contributed by atoms with Crippen LogP contribution in [0.5, 0.6) is 0 Å². The molecule has 0 aromatic rings. The Labute approximate surface area is 437 Å². The number of hydrogen-bond acceptors (Lipinski definition) is 16. The molecular weight excluding hydrogens is 943 g/mol. The Kier molecular flexibility index (Phi) is 22.0. The molecule has 0 unspecified atom stereocenters. The third-order valence-corrected chi connectivity index (χ3v) is 15.6. The van der Waals surface area contributed by atoms with Crippen molar-refractivity contribution >= 4 is 35.2 Å². The summed E-state index contributed by atoms with van der Waals surface area (Å²) in [6, 6.07) is -1.25. The Morgan fingerprint density at radius 2 is 1.60 bits per heavy atom. The predicted molar refractivity (Wildman–Crippen MR) is 271 cm³/mol. The number of piperidine rings is 1. The molecule has 2 saturated heterocycles. The molecule has 412 valence electrons. The summed E-state index contributed by atoms with van der Waals surface area (Å²) < 4.78 is 58.7. The number of ether oxygens (including phenoxy) is 6. The van der Waals surface area contributed by atoms with Crippen LogP contribution in [0.2, 0.25) is 0 Å². The number of aliphatic hydroxyl groups is 4. The van der Waals surface area contributed by atoms with Gasteiger partial charge in [-0.2, -0.15) is 0 Å². The molecule has 4 N–H and O–H groups in total. The smallest absolute Gasteiger partial charge is 0.329 e. The van der Waals surface area contributed by atoms with Crippen LogP contribution in [0.1, 0.15) is 136 Å². The second kappa shape index (κ2) is 28.3. The highest BCUT2D eigenvalue weighted by Gasteiger charge is 2.53. The molecule has 0 radical (unpaired) electrons. The topological polar surface area (TPSA) is 242 Å². The van der Waals surface area contributed by atoms with Crippen molar-refractivity contribution in [3.05, 3.63) is 47.6 Å². The van der Waals surface area contributed by atoms with Crippen molar-refractivity contribution in [2.75, 3.05) is 41.1 Å². The van der Waals surface area contributed by atoms with E-state index in [0.717, 1.165) is 10.5 Å². The number of carbonyl (C=O) groups is 6. The van der Waals surface area contributed by atoms with Gasteiger partial charge in [-0.1, -0.05) is 71.1 Å². The summed E-state index contributed by atoms with van der Waals surface area (Å²) >= 11 is 0. The molecule has 3 fully saturated rings. The fraction of sp³-hybridized carbons (Fsp3) is 0.750. The Hall–Kier alpha value is -3.94. The van der Waals surface area contributed by atoms with Crippen molar-refractivity contribution in [3.63, 3.8) is 0 Å². The van der Waals surface area contributed by atoms with E-state index in [1.165, 1.54) is 14.2 Å². The lowest BCUT2D eigenvalue weighted by atomic mass is 9.78. The van der Waals surface area contributed by atoms with Crippen LogP contribution in [-0.2, 0) is 57.2 Å². The van der Waals surface area contributed by atoms with Gasteiger partial charge < -0.3 is 53.7 Å². The van der Waals surface area contributed by atoms with Gasteiger partial charge in [-0.25, -0.2) is 4.79 Å². The molecule has 0 aromatic heterocycles. The minimum atomic E-state index is -3.07. The standard InChI is InChI=1S/C56H87NO16/c1-33-17-13-12-14-18-34(2)45(68-9)29-41-22-20-39(7)56(67,73-41)51(63)52(64)57-24-16-15-19-42(57)53(65)71-46(30-43(60)35(3)26-38(6)49(62)50(70-11)48(61)37(5)25-33)36(4)27-40-21-23-44(47(28-40)69-10)72-54(66)55(8,31-58)32-59/h12-14,17-18,26,33,35-37,39-42,44-47,49-50,58-59,62,67H,15-16,19-25,27-32H2,1-11H3/b14-12+,17-13+,34-18+,38-26+/t33-,35-,36-,37-,39-,40+,41+,42+,44-,45+,46+,47-,49-,50+,56-/m1/s1/i8D3. The number of aliphatic hydroxyl groups excluding tert-OH is 3. The van der Waals surface area contributed by atoms with E-state index in [2.05, 4.69) is 0 Å². The molecule has 0 spiro atoms. The van der Waals surface area contributed by atoms with E-state index < -0.39 is 127 Å². The number of ketones is 3. The van der Waals surface area contributed by atoms with Gasteiger partial charge in [0.05, 0.1) is 31.5 Å². The van der Waals surface area contributed by atoms with Crippen LogP contribution < -0.4 is 0 Å². The van der Waals surface area contributed by atoms with Crippen molar-refractivity contribution in [1.29, 1.82) is 0 Å². The summed E-state index contributed by atoms with van der Waals surface area (Å²) in [7, 11) is 4.30. The van der Waals surface area contributed by atoms with Crippen LogP contribution in [0.25, 0.3) is 0 Å². The van der Waals surface area contributed by atoms with Crippen molar-refractivity contribution in [1.82, 2.24) is 4.90 Å². The summed E-state index contributed by atoms with van der Waals surface area (Å²) in [4.78, 5) is 85.8. The number of allylic oxidation sites excluding steroid dienone is 6. The van der Waals surface area contributed by atoms with E-state index in [-0.39, 0.29) is 55.6 Å². The molecule has 73 heavy (non-hydrogen) atoms. The van der Waals surface area contributed by atoms with Gasteiger partial charge in [-0.05, 0) is 114 Å². The zero-order chi connectivity index (χ0) is 56.9. The summed E-state index contributed by atoms with van der Waals surface area (Å²) in [5.41, 5.74) is -1.39. The van der Waals surface area contributed by atoms with Crippen molar-refractivity contribution < 1.29 is 81.7 Å². The van der Waals surface area contributed by atoms with E-state index in [9.17, 15) is 49.2 Å². The van der Waals surface area contributed by atoms with Gasteiger partial charge in [0.15, 0.2) is 5.78 Å². The van der Waals surface area contributed by atoms with Gasteiger partial charge in [-0.3, -0.25) is 24.0 Å². The van der Waals surface area contributed by atoms with Crippen molar-refractivity contribution in [2.24, 2.45) is 40.9 Å². The highest BCUT2D eigenvalue weighted by atomic mass is 16.6. The zero-order valence-electron chi connectivity index (χ0n) is 47.8. The average molecular weight is 1030 g/mol. The van der Waals surface area contributed by atoms with Crippen LogP contribution in [0.3, 0.4) is 0 Å². The number of rotatable bonds is 10. The highest BCUT2D eigenvalue weighted by molar-refractivity contribution is 6.39. The maximum atomic E-state index is 14.6. The first-order valence-corrected chi connectivity index (χ1v) is 26.1. The van der Waals surface area contributed by atoms with Crippen LogP contribution >= 0.6 is 0 Å². The molecule has 1 saturated carbocycles. The Morgan fingerprint density at radius 1 is 0.890 bits per heavy atom. The molecule has 17 nitrogen and oxygen atoms in total. The second-order valence-corrected chi connectivity index (χ2v) is 21.4. The minimum Gasteiger partial charge on any atom is -0.460 e. The quantitative estimate of drug-likeness (QED) is 0.116. The molecule has 15 atom stereocenters. The maximum Gasteiger partial charge on any atom is 0.329 e. The van der Waals surface area contributed by atoms with Crippen molar-refractivity contribution in [3.8, 4) is 0 Å². The number of fused-ring (bicyclic) bond motifs is 3. The van der Waals surface area contributed by atoms with Gasteiger partial charge in [0.1, 0.15) is 41.7 Å². The van der Waals surface area contributed by atoms with Crippen LogP contribution in [0.15, 0.2) is 47.6 Å². The van der Waals surface area contributed by atoms with Gasteiger partial charge >= 0.3 is 11.9 Å². The van der Waals surface area contributed by atoms with E-state index in [1.54, 1.807) is 40.9 Å². The normalized spacial score (nSPS) is 38.2. The first kappa shape index (κ1) is 56.8. The number of nitrogens with zero attached hydrogens (tertiary/aromatic N) is 1. The lowest BCUT2D eigenvalue weighted by Crippen LogP contribution is -2.61. The average Bonchev–Trinajstić information content (AvgIpc) is 3.38. The SMILES string of the molecule is [2H]C([2H])([2H])C(CO)(CO)C(=O)O[C@@H]1CC[C@@H](C[C@@H](C)[C@@H]2CC(=O)[C@H](C)/C=C(\C)[C@@H](O)[C@@H](OC)C(=O)[C@H](C)C[C@H](C)/C=C/C=C/C=C(\C)[C@@H](OC)C[C@@H]3CC[C@@H](C)[C@@](O)(O3)C(=O)C(=O)N3CCCC[C@H]3C(=O)O2)C[C@H]1OC. The van der Waals surface area contributed by atoms with Crippen LogP contribution in [-0.4, -0.2) is 156 Å².